The summed E-state index contributed by atoms with van der Waals surface area (Å²) in [7, 11) is 3.11. The van der Waals surface area contributed by atoms with E-state index in [2.05, 4.69) is 28.9 Å². The lowest BCUT2D eigenvalue weighted by molar-refractivity contribution is 0.390. The zero-order valence-corrected chi connectivity index (χ0v) is 20.4. The molecule has 2 heterocycles. The van der Waals surface area contributed by atoms with Gasteiger partial charge in [-0.1, -0.05) is 40.6 Å². The highest BCUT2D eigenvalue weighted by molar-refractivity contribution is 9.10. The van der Waals surface area contributed by atoms with Crippen LogP contribution in [0.25, 0.3) is 10.2 Å². The zero-order chi connectivity index (χ0) is 20.7. The van der Waals surface area contributed by atoms with Gasteiger partial charge in [-0.05, 0) is 52.0 Å². The normalized spacial score (nSPS) is 11.1. The van der Waals surface area contributed by atoms with Gasteiger partial charge in [-0.15, -0.1) is 0 Å². The predicted molar refractivity (Wildman–Crippen MR) is 128 cm³/mol. The molecule has 4 rings (SSSR count). The summed E-state index contributed by atoms with van der Waals surface area (Å²) in [5, 5.41) is 5.50. The molecule has 2 aromatic heterocycles. The summed E-state index contributed by atoms with van der Waals surface area (Å²) < 4.78 is 12.7. The molecule has 0 saturated carbocycles. The van der Waals surface area contributed by atoms with Crippen molar-refractivity contribution in [3.05, 3.63) is 55.1 Å². The Morgan fingerprint density at radius 3 is 2.34 bits per heavy atom. The molecule has 0 saturated heterocycles. The molecule has 0 aliphatic heterocycles. The molecule has 0 aliphatic rings. The summed E-state index contributed by atoms with van der Waals surface area (Å²) >= 11 is 20.2. The van der Waals surface area contributed by atoms with E-state index >= 15 is 0 Å². The lowest BCUT2D eigenvalue weighted by Gasteiger charge is -2.26. The van der Waals surface area contributed by atoms with E-state index in [1.165, 1.54) is 5.56 Å². The average Bonchev–Trinajstić information content (AvgIpc) is 3.35. The number of anilines is 3. The van der Waals surface area contributed by atoms with E-state index in [1.54, 1.807) is 36.9 Å². The van der Waals surface area contributed by atoms with Crippen LogP contribution >= 0.6 is 61.8 Å². The number of fused-ring (bicyclic) bond motifs is 1. The number of thiophene rings is 1. The number of benzene rings is 2. The molecular formula is C20H15BrCl2N2O2S2. The summed E-state index contributed by atoms with van der Waals surface area (Å²) in [5.41, 5.74) is 3.55. The van der Waals surface area contributed by atoms with Gasteiger partial charge in [0, 0.05) is 5.38 Å². The maximum atomic E-state index is 6.78. The third-order valence-corrected chi connectivity index (χ3v) is 7.43. The van der Waals surface area contributed by atoms with Crippen LogP contribution in [0.2, 0.25) is 10.0 Å². The Morgan fingerprint density at radius 2 is 1.76 bits per heavy atom. The standard InChI is InChI=1S/C20H15BrCl2N2O2S2/c1-10-4-5-12-13(8-10)29-20(24-12)25(11-6-7-28-9-11)17-15(22)18(26-2)14(21)19(27-3)16(17)23/h4-9H,1-3H3. The SMILES string of the molecule is COc1c(Cl)c(N(c2ccsc2)c2nc3ccc(C)cc3s2)c(Cl)c(OC)c1Br. The lowest BCUT2D eigenvalue weighted by atomic mass is 10.2. The van der Waals surface area contributed by atoms with Gasteiger partial charge in [-0.25, -0.2) is 4.98 Å². The topological polar surface area (TPSA) is 34.6 Å². The van der Waals surface area contributed by atoms with Crippen molar-refractivity contribution < 1.29 is 9.47 Å². The minimum absolute atomic E-state index is 0.367. The van der Waals surface area contributed by atoms with E-state index in [0.717, 1.165) is 21.0 Å². The van der Waals surface area contributed by atoms with Gasteiger partial charge in [0.1, 0.15) is 14.5 Å². The number of rotatable bonds is 5. The number of hydrogen-bond donors (Lipinski definition) is 0. The summed E-state index contributed by atoms with van der Waals surface area (Å²) in [6.45, 7) is 2.06. The number of halogens is 3. The average molecular weight is 530 g/mol. The first-order valence-corrected chi connectivity index (χ1v) is 11.7. The molecule has 4 aromatic rings. The molecule has 29 heavy (non-hydrogen) atoms. The summed E-state index contributed by atoms with van der Waals surface area (Å²) in [5.74, 6) is 0.889. The number of aryl methyl sites for hydroxylation is 1. The number of nitrogens with zero attached hydrogens (tertiary/aromatic N) is 2. The number of methoxy groups -OCH3 is 2. The Balaban J connectivity index is 2.03. The molecule has 4 nitrogen and oxygen atoms in total. The molecule has 150 valence electrons. The highest BCUT2D eigenvalue weighted by Crippen LogP contribution is 2.55. The fraction of sp³-hybridized carbons (Fsp3) is 0.150. The van der Waals surface area contributed by atoms with Crippen LogP contribution in [-0.4, -0.2) is 19.2 Å². The lowest BCUT2D eigenvalue weighted by Crippen LogP contribution is -2.11. The molecule has 0 atom stereocenters. The van der Waals surface area contributed by atoms with Crippen molar-refractivity contribution in [3.8, 4) is 11.5 Å². The van der Waals surface area contributed by atoms with Crippen LogP contribution < -0.4 is 14.4 Å². The van der Waals surface area contributed by atoms with E-state index in [1.807, 2.05) is 33.9 Å². The Labute approximate surface area is 194 Å². The molecule has 0 radical (unpaired) electrons. The van der Waals surface area contributed by atoms with Crippen molar-refractivity contribution in [1.82, 2.24) is 4.98 Å². The largest absolute Gasteiger partial charge is 0.494 e. The monoisotopic (exact) mass is 528 g/mol. The van der Waals surface area contributed by atoms with E-state index in [0.29, 0.717) is 31.7 Å². The molecule has 0 N–H and O–H groups in total. The molecule has 2 aromatic carbocycles. The first-order valence-electron chi connectivity index (χ1n) is 8.44. The second kappa shape index (κ2) is 8.32. The fourth-order valence-corrected chi connectivity index (χ4v) is 6.41. The van der Waals surface area contributed by atoms with Crippen LogP contribution in [0, 0.1) is 6.92 Å². The van der Waals surface area contributed by atoms with Crippen molar-refractivity contribution in [2.45, 2.75) is 6.92 Å². The van der Waals surface area contributed by atoms with Gasteiger partial charge in [0.15, 0.2) is 16.6 Å². The zero-order valence-electron chi connectivity index (χ0n) is 15.6. The van der Waals surface area contributed by atoms with Gasteiger partial charge in [0.2, 0.25) is 0 Å². The first-order chi connectivity index (χ1) is 14.0. The number of hydrogen-bond acceptors (Lipinski definition) is 6. The summed E-state index contributed by atoms with van der Waals surface area (Å²) in [6, 6.07) is 8.18. The summed E-state index contributed by atoms with van der Waals surface area (Å²) in [6.07, 6.45) is 0. The van der Waals surface area contributed by atoms with Crippen molar-refractivity contribution in [2.24, 2.45) is 0 Å². The Bertz CT molecular complexity index is 1160. The molecule has 9 heteroatoms. The van der Waals surface area contributed by atoms with Gasteiger partial charge in [-0.3, -0.25) is 4.90 Å². The highest BCUT2D eigenvalue weighted by atomic mass is 79.9. The van der Waals surface area contributed by atoms with Gasteiger partial charge >= 0.3 is 0 Å². The van der Waals surface area contributed by atoms with Gasteiger partial charge in [0.25, 0.3) is 0 Å². The molecule has 0 amide bonds. The van der Waals surface area contributed by atoms with Gasteiger partial charge < -0.3 is 9.47 Å². The van der Waals surface area contributed by atoms with Crippen LogP contribution in [-0.2, 0) is 0 Å². The Morgan fingerprint density at radius 1 is 1.07 bits per heavy atom. The van der Waals surface area contributed by atoms with E-state index in [9.17, 15) is 0 Å². The van der Waals surface area contributed by atoms with Crippen molar-refractivity contribution in [3.63, 3.8) is 0 Å². The van der Waals surface area contributed by atoms with E-state index in [-0.39, 0.29) is 0 Å². The van der Waals surface area contributed by atoms with E-state index < -0.39 is 0 Å². The van der Waals surface area contributed by atoms with Crippen LogP contribution in [0.5, 0.6) is 11.5 Å². The van der Waals surface area contributed by atoms with Crippen molar-refractivity contribution in [1.29, 1.82) is 0 Å². The third-order valence-electron chi connectivity index (χ3n) is 4.33. The number of aromatic nitrogens is 1. The molecule has 0 bridgehead atoms. The second-order valence-corrected chi connectivity index (χ2v) is 9.48. The fourth-order valence-electron chi connectivity index (χ4n) is 3.00. The Kier molecular flexibility index (Phi) is 5.95. The smallest absolute Gasteiger partial charge is 0.195 e. The number of ether oxygens (including phenoxy) is 2. The van der Waals surface area contributed by atoms with Crippen LogP contribution in [0.15, 0.2) is 39.5 Å². The van der Waals surface area contributed by atoms with Crippen LogP contribution in [0.4, 0.5) is 16.5 Å². The maximum absolute atomic E-state index is 6.78. The third kappa shape index (κ3) is 3.59. The summed E-state index contributed by atoms with van der Waals surface area (Å²) in [4.78, 5) is 6.78. The second-order valence-electron chi connectivity index (χ2n) is 6.14. The quantitative estimate of drug-likeness (QED) is 0.261. The predicted octanol–water partition coefficient (Wildman–Crippen LogP) is 8.22. The molecule has 0 spiro atoms. The molecule has 0 fully saturated rings. The van der Waals surface area contributed by atoms with Crippen molar-refractivity contribution >= 4 is 88.5 Å². The van der Waals surface area contributed by atoms with Crippen LogP contribution in [0.1, 0.15) is 5.56 Å². The van der Waals surface area contributed by atoms with Crippen LogP contribution in [0.3, 0.4) is 0 Å². The number of thiazole rings is 1. The highest BCUT2D eigenvalue weighted by Gasteiger charge is 2.29. The maximum Gasteiger partial charge on any atom is 0.195 e. The van der Waals surface area contributed by atoms with Gasteiger partial charge in [-0.2, -0.15) is 11.3 Å². The molecule has 0 aliphatic carbocycles. The van der Waals surface area contributed by atoms with Gasteiger partial charge in [0.05, 0.1) is 35.8 Å². The van der Waals surface area contributed by atoms with Crippen molar-refractivity contribution in [2.75, 3.05) is 19.1 Å². The van der Waals surface area contributed by atoms with E-state index in [4.69, 9.17) is 37.7 Å². The minimum atomic E-state index is 0.367. The minimum Gasteiger partial charge on any atom is -0.494 e. The first kappa shape index (κ1) is 20.8. The molecule has 0 unspecified atom stereocenters. The molecular weight excluding hydrogens is 515 g/mol. The Hall–Kier alpha value is -1.51.